The highest BCUT2D eigenvalue weighted by atomic mass is 16.5. The van der Waals surface area contributed by atoms with Crippen LogP contribution in [0.5, 0.6) is 0 Å². The number of Topliss-reactive ketones (excluding diaryl/α,β-unsaturated/α-hetero) is 1. The van der Waals surface area contributed by atoms with Crippen LogP contribution in [0.3, 0.4) is 0 Å². The highest BCUT2D eigenvalue weighted by Gasteiger charge is 2.51. The van der Waals surface area contributed by atoms with Gasteiger partial charge in [0.15, 0.2) is 5.78 Å². The molecule has 1 aliphatic rings. The molecule has 1 aliphatic carbocycles. The van der Waals surface area contributed by atoms with Crippen LogP contribution in [0.4, 0.5) is 0 Å². The molecule has 0 saturated heterocycles. The highest BCUT2D eigenvalue weighted by Crippen LogP contribution is 2.47. The Balaban J connectivity index is 2.64. The number of aliphatic hydroxyl groups is 1. The maximum Gasteiger partial charge on any atom is 0.325 e. The highest BCUT2D eigenvalue weighted by molar-refractivity contribution is 5.97. The minimum absolute atomic E-state index is 0.00199. The molecular formula is C20H25NO6. The molecule has 3 atom stereocenters. The molecule has 27 heavy (non-hydrogen) atoms. The number of nitrogens with one attached hydrogen (secondary N) is 1. The van der Waals surface area contributed by atoms with Gasteiger partial charge in [-0.1, -0.05) is 30.3 Å². The van der Waals surface area contributed by atoms with E-state index in [0.717, 1.165) is 0 Å². The topological polar surface area (TPSA) is 102 Å². The molecule has 0 bridgehead atoms. The van der Waals surface area contributed by atoms with Gasteiger partial charge in [0.2, 0.25) is 0 Å². The third kappa shape index (κ3) is 4.36. The molecule has 0 radical (unpaired) electrons. The largest absolute Gasteiger partial charge is 0.469 e. The van der Waals surface area contributed by atoms with Crippen LogP contribution in [0.1, 0.15) is 31.7 Å². The number of ketones is 1. The molecule has 0 amide bonds. The van der Waals surface area contributed by atoms with Crippen LogP contribution < -0.4 is 5.32 Å². The van der Waals surface area contributed by atoms with Gasteiger partial charge in [-0.3, -0.25) is 14.4 Å². The van der Waals surface area contributed by atoms with E-state index in [4.69, 9.17) is 4.74 Å². The van der Waals surface area contributed by atoms with E-state index in [-0.39, 0.29) is 18.7 Å². The first-order valence-corrected chi connectivity index (χ1v) is 8.62. The Morgan fingerprint density at radius 3 is 2.33 bits per heavy atom. The lowest BCUT2D eigenvalue weighted by Crippen LogP contribution is -2.50. The number of carbonyl (C=O) groups excluding carboxylic acids is 3. The van der Waals surface area contributed by atoms with Gasteiger partial charge >= 0.3 is 11.9 Å². The van der Waals surface area contributed by atoms with Gasteiger partial charge in [-0.15, -0.1) is 0 Å². The molecule has 0 aromatic heterocycles. The summed E-state index contributed by atoms with van der Waals surface area (Å²) < 4.78 is 9.56. The quantitative estimate of drug-likeness (QED) is 0.723. The van der Waals surface area contributed by atoms with E-state index in [1.807, 2.05) is 6.07 Å². The van der Waals surface area contributed by atoms with Crippen molar-refractivity contribution in [2.75, 3.05) is 20.8 Å². The molecule has 146 valence electrons. The maximum absolute atomic E-state index is 12.5. The van der Waals surface area contributed by atoms with E-state index in [2.05, 4.69) is 10.1 Å². The maximum atomic E-state index is 12.5. The summed E-state index contributed by atoms with van der Waals surface area (Å²) in [6, 6.07) is 9.01. The second-order valence-electron chi connectivity index (χ2n) is 6.80. The predicted molar refractivity (Wildman–Crippen MR) is 97.7 cm³/mol. The van der Waals surface area contributed by atoms with E-state index in [0.29, 0.717) is 16.8 Å². The summed E-state index contributed by atoms with van der Waals surface area (Å²) in [4.78, 5) is 36.6. The minimum atomic E-state index is -1.48. The van der Waals surface area contributed by atoms with Crippen molar-refractivity contribution >= 4 is 17.7 Å². The summed E-state index contributed by atoms with van der Waals surface area (Å²) in [5.74, 6) is -3.02. The van der Waals surface area contributed by atoms with E-state index in [1.54, 1.807) is 24.3 Å². The first-order chi connectivity index (χ1) is 12.7. The summed E-state index contributed by atoms with van der Waals surface area (Å²) in [7, 11) is 2.52. The number of hydrogen-bond acceptors (Lipinski definition) is 7. The summed E-state index contributed by atoms with van der Waals surface area (Å²) in [5, 5.41) is 14.0. The first-order valence-electron chi connectivity index (χ1n) is 8.62. The number of carbonyl (C=O) groups is 3. The van der Waals surface area contributed by atoms with Crippen molar-refractivity contribution in [1.82, 2.24) is 5.32 Å². The van der Waals surface area contributed by atoms with E-state index in [9.17, 15) is 19.5 Å². The Morgan fingerprint density at radius 2 is 1.81 bits per heavy atom. The lowest BCUT2D eigenvalue weighted by atomic mass is 9.65. The SMILES string of the molecule is COC(=O)CNC1=C(C(C)=O)[C@H](c2ccccc2)C(C(=O)OC)[C@@](C)(O)C1. The Morgan fingerprint density at radius 1 is 1.19 bits per heavy atom. The fraction of sp³-hybridized carbons (Fsp3) is 0.450. The molecule has 0 heterocycles. The van der Waals surface area contributed by atoms with E-state index < -0.39 is 29.4 Å². The number of allylic oxidation sites excluding steroid dienone is 1. The number of rotatable bonds is 6. The van der Waals surface area contributed by atoms with Gasteiger partial charge in [0.05, 0.1) is 25.7 Å². The molecule has 2 rings (SSSR count). The zero-order valence-corrected chi connectivity index (χ0v) is 15.9. The molecule has 1 aromatic carbocycles. The lowest BCUT2D eigenvalue weighted by molar-refractivity contribution is -0.157. The van der Waals surface area contributed by atoms with Crippen molar-refractivity contribution in [3.05, 3.63) is 47.2 Å². The zero-order valence-electron chi connectivity index (χ0n) is 15.9. The fourth-order valence-electron chi connectivity index (χ4n) is 3.65. The fourth-order valence-corrected chi connectivity index (χ4v) is 3.65. The van der Waals surface area contributed by atoms with E-state index in [1.165, 1.54) is 28.1 Å². The second-order valence-corrected chi connectivity index (χ2v) is 6.80. The van der Waals surface area contributed by atoms with Crippen LogP contribution in [-0.4, -0.2) is 49.2 Å². The Labute approximate surface area is 158 Å². The van der Waals surface area contributed by atoms with Crippen LogP contribution in [0.25, 0.3) is 0 Å². The minimum Gasteiger partial charge on any atom is -0.469 e. The zero-order chi connectivity index (χ0) is 20.2. The van der Waals surface area contributed by atoms with Gasteiger partial charge in [-0.05, 0) is 19.4 Å². The molecule has 0 spiro atoms. The van der Waals surface area contributed by atoms with Crippen molar-refractivity contribution < 1.29 is 29.0 Å². The van der Waals surface area contributed by atoms with Gasteiger partial charge in [0.1, 0.15) is 6.54 Å². The molecule has 0 fully saturated rings. The summed E-state index contributed by atoms with van der Waals surface area (Å²) in [6.45, 7) is 2.78. The average Bonchev–Trinajstić information content (AvgIpc) is 2.64. The van der Waals surface area contributed by atoms with Crippen LogP contribution in [0, 0.1) is 5.92 Å². The molecule has 2 N–H and O–H groups in total. The van der Waals surface area contributed by atoms with Gasteiger partial charge in [0.25, 0.3) is 0 Å². The molecule has 0 saturated carbocycles. The first kappa shape index (κ1) is 20.6. The van der Waals surface area contributed by atoms with Crippen LogP contribution in [0.2, 0.25) is 0 Å². The molecule has 1 unspecified atom stereocenters. The third-order valence-electron chi connectivity index (χ3n) is 4.84. The summed E-state index contributed by atoms with van der Waals surface area (Å²) in [6.07, 6.45) is 0.00199. The molecule has 7 nitrogen and oxygen atoms in total. The van der Waals surface area contributed by atoms with Crippen molar-refractivity contribution in [1.29, 1.82) is 0 Å². The molecule has 1 aromatic rings. The van der Waals surface area contributed by atoms with Crippen molar-refractivity contribution in [3.8, 4) is 0 Å². The number of hydrogen-bond donors (Lipinski definition) is 2. The Bertz CT molecular complexity index is 753. The Hall–Kier alpha value is -2.67. The summed E-state index contributed by atoms with van der Waals surface area (Å²) >= 11 is 0. The van der Waals surface area contributed by atoms with Gasteiger partial charge in [0, 0.05) is 23.6 Å². The summed E-state index contributed by atoms with van der Waals surface area (Å²) in [5.41, 5.74) is -0.000242. The van der Waals surface area contributed by atoms with Crippen LogP contribution in [0.15, 0.2) is 41.6 Å². The van der Waals surface area contributed by atoms with Crippen molar-refractivity contribution in [2.24, 2.45) is 5.92 Å². The van der Waals surface area contributed by atoms with Crippen LogP contribution >= 0.6 is 0 Å². The second kappa shape index (κ2) is 8.35. The number of methoxy groups -OCH3 is 2. The predicted octanol–water partition coefficient (Wildman–Crippen LogP) is 1.32. The van der Waals surface area contributed by atoms with Gasteiger partial charge in [-0.25, -0.2) is 0 Å². The Kier molecular flexibility index (Phi) is 6.38. The monoisotopic (exact) mass is 375 g/mol. The van der Waals surface area contributed by atoms with Crippen molar-refractivity contribution in [2.45, 2.75) is 31.8 Å². The number of benzene rings is 1. The number of esters is 2. The van der Waals surface area contributed by atoms with Gasteiger partial charge < -0.3 is 19.9 Å². The van der Waals surface area contributed by atoms with Crippen molar-refractivity contribution in [3.63, 3.8) is 0 Å². The smallest absolute Gasteiger partial charge is 0.325 e. The molecular weight excluding hydrogens is 350 g/mol. The lowest BCUT2D eigenvalue weighted by Gasteiger charge is -2.43. The van der Waals surface area contributed by atoms with E-state index >= 15 is 0 Å². The van der Waals surface area contributed by atoms with Gasteiger partial charge in [-0.2, -0.15) is 0 Å². The number of ether oxygens (including phenoxy) is 2. The van der Waals surface area contributed by atoms with Crippen LogP contribution in [-0.2, 0) is 23.9 Å². The normalized spacial score (nSPS) is 24.9. The standard InChI is InChI=1S/C20H25NO6/c1-12(22)16-14(21-11-15(23)26-3)10-20(2,25)18(19(24)27-4)17(16)13-8-6-5-7-9-13/h5-9,17-18,21,25H,10-11H2,1-4H3/t17-,18?,20-/m0/s1. The average molecular weight is 375 g/mol. The molecule has 0 aliphatic heterocycles. The molecule has 7 heteroatoms. The third-order valence-corrected chi connectivity index (χ3v) is 4.84.